The average Bonchev–Trinajstić information content (AvgIpc) is 3.36. The van der Waals surface area contributed by atoms with E-state index >= 15 is 0 Å². The van der Waals surface area contributed by atoms with Crippen molar-refractivity contribution in [2.45, 2.75) is 24.2 Å². The van der Waals surface area contributed by atoms with Gasteiger partial charge in [0.1, 0.15) is 11.5 Å². The summed E-state index contributed by atoms with van der Waals surface area (Å²) < 4.78 is 11.3. The molecule has 1 saturated carbocycles. The van der Waals surface area contributed by atoms with E-state index < -0.39 is 10.0 Å². The Hall–Kier alpha value is -1.35. The fourth-order valence-corrected chi connectivity index (χ4v) is 7.63. The van der Waals surface area contributed by atoms with E-state index in [1.807, 2.05) is 0 Å². The summed E-state index contributed by atoms with van der Waals surface area (Å²) in [5.41, 5.74) is 0. The number of benzene rings is 2. The predicted octanol–water partition coefficient (Wildman–Crippen LogP) is 5.08. The summed E-state index contributed by atoms with van der Waals surface area (Å²) in [6, 6.07) is 10.8. The maximum absolute atomic E-state index is 5.72. The zero-order valence-corrected chi connectivity index (χ0v) is 15.1. The normalized spacial score (nSPS) is 32.5. The minimum absolute atomic E-state index is 0.778. The first kappa shape index (κ1) is 15.2. The number of ether oxygens (including phenoxy) is 2. The Morgan fingerprint density at radius 2 is 1.61 bits per heavy atom. The molecule has 2 aliphatic rings. The zero-order chi connectivity index (χ0) is 16.0. The van der Waals surface area contributed by atoms with Crippen LogP contribution in [0, 0.1) is 11.8 Å². The van der Waals surface area contributed by atoms with Gasteiger partial charge in [-0.15, -0.1) is 0 Å². The van der Waals surface area contributed by atoms with Crippen molar-refractivity contribution in [2.24, 2.45) is 11.8 Å². The van der Waals surface area contributed by atoms with Crippen molar-refractivity contribution in [3.05, 3.63) is 30.3 Å². The fourth-order valence-electron chi connectivity index (χ4n) is 4.24. The van der Waals surface area contributed by atoms with Crippen molar-refractivity contribution >= 4 is 20.8 Å². The molecular formula is C20H26O2S. The molecule has 4 rings (SSSR count). The van der Waals surface area contributed by atoms with Crippen molar-refractivity contribution in [3.8, 4) is 11.5 Å². The van der Waals surface area contributed by atoms with Gasteiger partial charge in [0.15, 0.2) is 0 Å². The Morgan fingerprint density at radius 3 is 2.26 bits per heavy atom. The van der Waals surface area contributed by atoms with Gasteiger partial charge < -0.3 is 9.47 Å². The second-order valence-electron chi connectivity index (χ2n) is 7.16. The minimum Gasteiger partial charge on any atom is -0.496 e. The molecule has 1 aliphatic carbocycles. The highest BCUT2D eigenvalue weighted by Gasteiger charge is 2.41. The Balaban J connectivity index is 1.89. The van der Waals surface area contributed by atoms with Gasteiger partial charge in [-0.2, -0.15) is 0 Å². The summed E-state index contributed by atoms with van der Waals surface area (Å²) in [6.45, 7) is 0. The molecule has 124 valence electrons. The van der Waals surface area contributed by atoms with Crippen molar-refractivity contribution in [1.29, 1.82) is 0 Å². The summed E-state index contributed by atoms with van der Waals surface area (Å²) in [4.78, 5) is 1.52. The van der Waals surface area contributed by atoms with Gasteiger partial charge in [0.05, 0.1) is 14.2 Å². The number of rotatable bonds is 3. The Morgan fingerprint density at radius 1 is 0.913 bits per heavy atom. The third-order valence-electron chi connectivity index (χ3n) is 5.84. The molecule has 1 aliphatic heterocycles. The molecule has 2 aromatic carbocycles. The molecule has 2 atom stereocenters. The van der Waals surface area contributed by atoms with Gasteiger partial charge in [-0.1, -0.05) is 12.1 Å². The first-order valence-corrected chi connectivity index (χ1v) is 10.9. The third kappa shape index (κ3) is 2.50. The zero-order valence-electron chi connectivity index (χ0n) is 14.3. The van der Waals surface area contributed by atoms with Gasteiger partial charge in [-0.3, -0.25) is 0 Å². The molecule has 0 radical (unpaired) electrons. The van der Waals surface area contributed by atoms with Crippen LogP contribution in [0.2, 0.25) is 0 Å². The SMILES string of the molecule is COc1ccc(S2(C)CCC3CC3CC2)c2c(OC)cccc12. The van der Waals surface area contributed by atoms with E-state index in [4.69, 9.17) is 9.47 Å². The fraction of sp³-hybridized carbons (Fsp3) is 0.500. The number of methoxy groups -OCH3 is 2. The maximum Gasteiger partial charge on any atom is 0.127 e. The molecule has 1 heterocycles. The average molecular weight is 330 g/mol. The molecule has 0 spiro atoms. The number of hydrogen-bond donors (Lipinski definition) is 0. The highest BCUT2D eigenvalue weighted by molar-refractivity contribution is 8.33. The number of hydrogen-bond acceptors (Lipinski definition) is 2. The van der Waals surface area contributed by atoms with Crippen molar-refractivity contribution in [1.82, 2.24) is 0 Å². The van der Waals surface area contributed by atoms with Crippen LogP contribution in [0.1, 0.15) is 19.3 Å². The molecule has 0 N–H and O–H groups in total. The first-order valence-electron chi connectivity index (χ1n) is 8.54. The molecule has 2 aromatic rings. The first-order chi connectivity index (χ1) is 11.2. The van der Waals surface area contributed by atoms with E-state index in [-0.39, 0.29) is 0 Å². The van der Waals surface area contributed by atoms with Gasteiger partial charge >= 0.3 is 0 Å². The van der Waals surface area contributed by atoms with Gasteiger partial charge in [0, 0.05) is 15.7 Å². The molecule has 0 amide bonds. The lowest BCUT2D eigenvalue weighted by Gasteiger charge is -2.37. The molecular weight excluding hydrogens is 304 g/mol. The van der Waals surface area contributed by atoms with E-state index in [2.05, 4.69) is 36.6 Å². The molecule has 3 heteroatoms. The molecule has 0 aromatic heterocycles. The number of fused-ring (bicyclic) bond motifs is 2. The Kier molecular flexibility index (Phi) is 3.72. The summed E-state index contributed by atoms with van der Waals surface area (Å²) in [6.07, 6.45) is 6.85. The van der Waals surface area contributed by atoms with Crippen molar-refractivity contribution in [2.75, 3.05) is 32.0 Å². The van der Waals surface area contributed by atoms with Crippen LogP contribution in [-0.4, -0.2) is 32.0 Å². The second-order valence-corrected chi connectivity index (χ2v) is 11.0. The van der Waals surface area contributed by atoms with Crippen LogP contribution < -0.4 is 9.47 Å². The summed E-state index contributed by atoms with van der Waals surface area (Å²) in [5, 5.41) is 2.47. The minimum atomic E-state index is -0.778. The smallest absolute Gasteiger partial charge is 0.127 e. The van der Waals surface area contributed by atoms with Crippen LogP contribution in [0.25, 0.3) is 10.8 Å². The quantitative estimate of drug-likeness (QED) is 0.781. The molecule has 0 bridgehead atoms. The van der Waals surface area contributed by atoms with Gasteiger partial charge in [-0.25, -0.2) is 10.0 Å². The van der Waals surface area contributed by atoms with Gasteiger partial charge in [0.2, 0.25) is 0 Å². The van der Waals surface area contributed by atoms with Gasteiger partial charge in [-0.05, 0) is 67.1 Å². The van der Waals surface area contributed by atoms with E-state index in [0.29, 0.717) is 0 Å². The maximum atomic E-state index is 5.72. The molecule has 1 saturated heterocycles. The van der Waals surface area contributed by atoms with Crippen molar-refractivity contribution in [3.63, 3.8) is 0 Å². The topological polar surface area (TPSA) is 18.5 Å². The Labute approximate surface area is 140 Å². The van der Waals surface area contributed by atoms with E-state index in [1.54, 1.807) is 14.2 Å². The lowest BCUT2D eigenvalue weighted by atomic mass is 10.1. The molecule has 2 unspecified atom stereocenters. The lowest BCUT2D eigenvalue weighted by molar-refractivity contribution is 0.414. The van der Waals surface area contributed by atoms with Crippen LogP contribution in [0.3, 0.4) is 0 Å². The summed E-state index contributed by atoms with van der Waals surface area (Å²) >= 11 is 0. The molecule has 23 heavy (non-hydrogen) atoms. The highest BCUT2D eigenvalue weighted by Crippen LogP contribution is 2.63. The van der Waals surface area contributed by atoms with E-state index in [9.17, 15) is 0 Å². The van der Waals surface area contributed by atoms with Gasteiger partial charge in [0.25, 0.3) is 0 Å². The molecule has 2 nitrogen and oxygen atoms in total. The standard InChI is InChI=1S/C20H26O2S/c1-21-17-7-8-19(20-16(17)5-4-6-18(20)22-2)23(3)11-9-14-13-15(14)10-12-23/h4-8,14-15H,9-13H2,1-3H3. The summed E-state index contributed by atoms with van der Waals surface area (Å²) in [7, 11) is 2.75. The van der Waals surface area contributed by atoms with E-state index in [0.717, 1.165) is 23.3 Å². The van der Waals surface area contributed by atoms with Crippen LogP contribution in [0.5, 0.6) is 11.5 Å². The summed E-state index contributed by atoms with van der Waals surface area (Å²) in [5.74, 6) is 6.72. The van der Waals surface area contributed by atoms with Crippen molar-refractivity contribution < 1.29 is 9.47 Å². The lowest BCUT2D eigenvalue weighted by Crippen LogP contribution is -2.09. The predicted molar refractivity (Wildman–Crippen MR) is 99.4 cm³/mol. The van der Waals surface area contributed by atoms with Crippen LogP contribution in [-0.2, 0) is 0 Å². The van der Waals surface area contributed by atoms with Crippen LogP contribution in [0.15, 0.2) is 35.2 Å². The van der Waals surface area contributed by atoms with Crippen LogP contribution >= 0.6 is 10.0 Å². The third-order valence-corrected chi connectivity index (χ3v) is 9.52. The monoisotopic (exact) mass is 330 g/mol. The second kappa shape index (κ2) is 5.62. The largest absolute Gasteiger partial charge is 0.496 e. The van der Waals surface area contributed by atoms with E-state index in [1.165, 1.54) is 46.4 Å². The molecule has 2 fully saturated rings. The Bertz CT molecular complexity index is 728. The highest BCUT2D eigenvalue weighted by atomic mass is 32.3. The van der Waals surface area contributed by atoms with Crippen LogP contribution in [0.4, 0.5) is 0 Å².